The number of carbonyl (C=O) groups is 1. The molecule has 1 aromatic rings. The molecule has 0 bridgehead atoms. The van der Waals surface area contributed by atoms with Crippen molar-refractivity contribution in [3.8, 4) is 6.07 Å². The number of aromatic nitrogens is 1. The van der Waals surface area contributed by atoms with Crippen LogP contribution >= 0.6 is 0 Å². The Kier molecular flexibility index (Phi) is 3.39. The van der Waals surface area contributed by atoms with Crippen molar-refractivity contribution in [3.63, 3.8) is 0 Å². The monoisotopic (exact) mass is 188 g/mol. The average Bonchev–Trinajstić information content (AvgIpc) is 2.25. The number of pyridine rings is 1. The molecule has 0 saturated carbocycles. The summed E-state index contributed by atoms with van der Waals surface area (Å²) in [4.78, 5) is 14.9. The molecule has 0 atom stereocenters. The molecule has 0 aromatic carbocycles. The Morgan fingerprint density at radius 2 is 2.43 bits per heavy atom. The van der Waals surface area contributed by atoms with Gasteiger partial charge >= 0.3 is 5.97 Å². The molecule has 0 unspecified atom stereocenters. The van der Waals surface area contributed by atoms with Crippen LogP contribution in [0.15, 0.2) is 24.5 Å². The second kappa shape index (κ2) is 4.77. The number of hydrogen-bond acceptors (Lipinski definition) is 4. The van der Waals surface area contributed by atoms with E-state index >= 15 is 0 Å². The van der Waals surface area contributed by atoms with Gasteiger partial charge < -0.3 is 4.74 Å². The predicted molar refractivity (Wildman–Crippen MR) is 50.2 cm³/mol. The predicted octanol–water partition coefficient (Wildman–Crippen LogP) is 1.40. The minimum Gasteiger partial charge on any atom is -0.465 e. The van der Waals surface area contributed by atoms with Crippen LogP contribution in [0.5, 0.6) is 0 Å². The first-order valence-electron chi connectivity index (χ1n) is 3.87. The Balaban J connectivity index is 2.96. The molecule has 1 aromatic heterocycles. The number of nitriles is 1. The van der Waals surface area contributed by atoms with E-state index in [9.17, 15) is 4.79 Å². The fourth-order valence-corrected chi connectivity index (χ4v) is 0.912. The number of nitrogens with zero attached hydrogens (tertiary/aromatic N) is 2. The van der Waals surface area contributed by atoms with Crippen LogP contribution in [0.2, 0.25) is 0 Å². The van der Waals surface area contributed by atoms with Crippen molar-refractivity contribution < 1.29 is 9.53 Å². The number of rotatable bonds is 2. The van der Waals surface area contributed by atoms with Crippen molar-refractivity contribution in [2.75, 3.05) is 7.11 Å². The highest BCUT2D eigenvalue weighted by Gasteiger charge is 2.04. The van der Waals surface area contributed by atoms with E-state index in [-0.39, 0.29) is 0 Å². The van der Waals surface area contributed by atoms with Crippen molar-refractivity contribution in [1.82, 2.24) is 4.98 Å². The third kappa shape index (κ3) is 2.42. The molecule has 0 amide bonds. The number of hydrogen-bond donors (Lipinski definition) is 0. The number of ether oxygens (including phenoxy) is 1. The highest BCUT2D eigenvalue weighted by Crippen LogP contribution is 2.05. The largest absolute Gasteiger partial charge is 0.465 e. The zero-order chi connectivity index (χ0) is 10.4. The normalized spacial score (nSPS) is 9.71. The summed E-state index contributed by atoms with van der Waals surface area (Å²) in [5.74, 6) is -0.440. The summed E-state index contributed by atoms with van der Waals surface area (Å²) in [6.45, 7) is 0. The highest BCUT2D eigenvalue weighted by molar-refractivity contribution is 5.89. The van der Waals surface area contributed by atoms with Crippen LogP contribution in [-0.4, -0.2) is 18.1 Å². The molecule has 0 spiro atoms. The topological polar surface area (TPSA) is 63.0 Å². The van der Waals surface area contributed by atoms with Gasteiger partial charge in [-0.3, -0.25) is 4.98 Å². The van der Waals surface area contributed by atoms with Gasteiger partial charge in [-0.2, -0.15) is 5.26 Å². The molecule has 1 rings (SSSR count). The van der Waals surface area contributed by atoms with Crippen LogP contribution in [0.3, 0.4) is 0 Å². The van der Waals surface area contributed by atoms with Crippen LogP contribution in [0.25, 0.3) is 6.08 Å². The van der Waals surface area contributed by atoms with E-state index in [2.05, 4.69) is 9.72 Å². The van der Waals surface area contributed by atoms with Gasteiger partial charge in [0, 0.05) is 18.5 Å². The zero-order valence-electron chi connectivity index (χ0n) is 7.60. The minimum absolute atomic E-state index is 0.368. The molecule has 0 saturated heterocycles. The molecule has 0 aliphatic carbocycles. The van der Waals surface area contributed by atoms with Crippen LogP contribution in [0.4, 0.5) is 0 Å². The van der Waals surface area contributed by atoms with Gasteiger partial charge in [0.1, 0.15) is 0 Å². The average molecular weight is 188 g/mol. The van der Waals surface area contributed by atoms with Gasteiger partial charge in [0.25, 0.3) is 0 Å². The zero-order valence-corrected chi connectivity index (χ0v) is 7.60. The van der Waals surface area contributed by atoms with Crippen molar-refractivity contribution in [2.24, 2.45) is 0 Å². The Labute approximate surface area is 81.5 Å². The molecular formula is C10H8N2O2. The third-order valence-electron chi connectivity index (χ3n) is 1.53. The number of carbonyl (C=O) groups excluding carboxylic acids is 1. The van der Waals surface area contributed by atoms with E-state index in [1.54, 1.807) is 18.3 Å². The summed E-state index contributed by atoms with van der Waals surface area (Å²) >= 11 is 0. The minimum atomic E-state index is -0.440. The first-order valence-corrected chi connectivity index (χ1v) is 3.87. The summed E-state index contributed by atoms with van der Waals surface area (Å²) in [6.07, 6.45) is 5.85. The van der Waals surface area contributed by atoms with Crippen LogP contribution in [-0.2, 0) is 4.74 Å². The molecule has 0 fully saturated rings. The summed E-state index contributed by atoms with van der Waals surface area (Å²) < 4.78 is 4.53. The van der Waals surface area contributed by atoms with E-state index in [1.165, 1.54) is 19.4 Å². The Morgan fingerprint density at radius 3 is 3.07 bits per heavy atom. The van der Waals surface area contributed by atoms with Gasteiger partial charge in [0.05, 0.1) is 18.7 Å². The molecular weight excluding hydrogens is 180 g/mol. The SMILES string of the molecule is COC(=O)c1cncc(C=CC#N)c1. The second-order valence-electron chi connectivity index (χ2n) is 2.46. The maximum atomic E-state index is 11.1. The Morgan fingerprint density at radius 1 is 1.64 bits per heavy atom. The first kappa shape index (κ1) is 9.93. The van der Waals surface area contributed by atoms with Crippen molar-refractivity contribution in [2.45, 2.75) is 0 Å². The van der Waals surface area contributed by atoms with E-state index in [4.69, 9.17) is 5.26 Å². The lowest BCUT2D eigenvalue weighted by atomic mass is 10.2. The summed E-state index contributed by atoms with van der Waals surface area (Å²) in [6, 6.07) is 3.46. The molecule has 0 aliphatic rings. The van der Waals surface area contributed by atoms with Gasteiger partial charge in [-0.1, -0.05) is 0 Å². The Hall–Kier alpha value is -2.15. The number of methoxy groups -OCH3 is 1. The van der Waals surface area contributed by atoms with Gasteiger partial charge in [0.15, 0.2) is 0 Å². The summed E-state index contributed by atoms with van der Waals surface area (Å²) in [5, 5.41) is 8.30. The Bertz CT molecular complexity index is 405. The molecule has 70 valence electrons. The fraction of sp³-hybridized carbons (Fsp3) is 0.100. The van der Waals surface area contributed by atoms with Gasteiger partial charge in [-0.15, -0.1) is 0 Å². The van der Waals surface area contributed by atoms with Crippen LogP contribution < -0.4 is 0 Å². The third-order valence-corrected chi connectivity index (χ3v) is 1.53. The van der Waals surface area contributed by atoms with E-state index < -0.39 is 5.97 Å². The van der Waals surface area contributed by atoms with E-state index in [1.807, 2.05) is 6.07 Å². The fourth-order valence-electron chi connectivity index (χ4n) is 0.912. The molecule has 0 radical (unpaired) electrons. The maximum Gasteiger partial charge on any atom is 0.339 e. The second-order valence-corrected chi connectivity index (χ2v) is 2.46. The van der Waals surface area contributed by atoms with E-state index in [0.29, 0.717) is 11.1 Å². The highest BCUT2D eigenvalue weighted by atomic mass is 16.5. The van der Waals surface area contributed by atoms with Crippen LogP contribution in [0, 0.1) is 11.3 Å². The van der Waals surface area contributed by atoms with Crippen molar-refractivity contribution in [3.05, 3.63) is 35.7 Å². The quantitative estimate of drug-likeness (QED) is 0.520. The first-order chi connectivity index (χ1) is 6.77. The molecule has 0 aliphatic heterocycles. The van der Waals surface area contributed by atoms with Crippen molar-refractivity contribution in [1.29, 1.82) is 5.26 Å². The lowest BCUT2D eigenvalue weighted by molar-refractivity contribution is 0.0600. The molecule has 4 heteroatoms. The molecule has 0 N–H and O–H groups in total. The van der Waals surface area contributed by atoms with E-state index in [0.717, 1.165) is 0 Å². The summed E-state index contributed by atoms with van der Waals surface area (Å²) in [5.41, 5.74) is 1.06. The molecule has 14 heavy (non-hydrogen) atoms. The number of allylic oxidation sites excluding steroid dienone is 1. The van der Waals surface area contributed by atoms with Gasteiger partial charge in [0.2, 0.25) is 0 Å². The molecule has 1 heterocycles. The standard InChI is InChI=1S/C10H8N2O2/c1-14-10(13)9-5-8(3-2-4-11)6-12-7-9/h2-3,5-7H,1H3. The number of esters is 1. The van der Waals surface area contributed by atoms with Gasteiger partial charge in [-0.05, 0) is 17.7 Å². The van der Waals surface area contributed by atoms with Gasteiger partial charge in [-0.25, -0.2) is 4.79 Å². The lowest BCUT2D eigenvalue weighted by Gasteiger charge is -1.98. The van der Waals surface area contributed by atoms with Crippen LogP contribution in [0.1, 0.15) is 15.9 Å². The lowest BCUT2D eigenvalue weighted by Crippen LogP contribution is -2.01. The van der Waals surface area contributed by atoms with Crippen molar-refractivity contribution >= 4 is 12.0 Å². The molecule has 4 nitrogen and oxygen atoms in total. The summed E-state index contributed by atoms with van der Waals surface area (Å²) in [7, 11) is 1.31. The maximum absolute atomic E-state index is 11.1. The smallest absolute Gasteiger partial charge is 0.339 e.